The molecule has 0 aliphatic carbocycles. The molecule has 3 rings (SSSR count). The van der Waals surface area contributed by atoms with Crippen molar-refractivity contribution in [2.75, 3.05) is 25.0 Å². The van der Waals surface area contributed by atoms with E-state index in [9.17, 15) is 33.0 Å². The molecule has 0 saturated carbocycles. The maximum Gasteiger partial charge on any atom is 0.521 e. The van der Waals surface area contributed by atoms with Gasteiger partial charge >= 0.3 is 18.0 Å². The van der Waals surface area contributed by atoms with Gasteiger partial charge in [0.25, 0.3) is 0 Å². The fraction of sp³-hybridized carbons (Fsp3) is 0.583. The highest BCUT2D eigenvalue weighted by atomic mass is 32.2. The minimum Gasteiger partial charge on any atom is -0.477 e. The number of fused-ring (bicyclic) bond motifs is 1. The van der Waals surface area contributed by atoms with Gasteiger partial charge in [0.1, 0.15) is 10.9 Å². The van der Waals surface area contributed by atoms with Crippen LogP contribution in [0.4, 0.5) is 10.5 Å². The van der Waals surface area contributed by atoms with Crippen LogP contribution in [0, 0.1) is 11.8 Å². The molecule has 210 valence electrons. The second-order valence-corrected chi connectivity index (χ2v) is 12.0. The number of hydrogen-bond donors (Lipinski definition) is 6. The summed E-state index contributed by atoms with van der Waals surface area (Å²) in [5.41, 5.74) is 12.0. The summed E-state index contributed by atoms with van der Waals surface area (Å²) in [4.78, 5) is 42.5. The third kappa shape index (κ3) is 6.08. The summed E-state index contributed by atoms with van der Waals surface area (Å²) in [5.74, 6) is -2.46. The molecule has 0 bridgehead atoms. The lowest BCUT2D eigenvalue weighted by atomic mass is 9.89. The number of nitrogens with one attached hydrogen (secondary N) is 2. The number of para-hydroxylation sites is 1. The molecule has 2 aliphatic rings. The number of amides is 2. The highest BCUT2D eigenvalue weighted by Gasteiger charge is 2.59. The van der Waals surface area contributed by atoms with Gasteiger partial charge in [0.2, 0.25) is 16.1 Å². The maximum atomic E-state index is 14.0. The Bertz CT molecular complexity index is 1220. The highest BCUT2D eigenvalue weighted by molar-refractivity contribution is 7.89. The molecular weight excluding hydrogens is 516 g/mol. The van der Waals surface area contributed by atoms with E-state index in [0.717, 1.165) is 5.56 Å². The molecule has 5 atom stereocenters. The molecule has 38 heavy (non-hydrogen) atoms. The number of likely N-dealkylation sites (tertiary alicyclic amines) is 1. The first-order valence-corrected chi connectivity index (χ1v) is 14.1. The van der Waals surface area contributed by atoms with Gasteiger partial charge in [-0.15, -0.1) is 4.48 Å². The average molecular weight is 554 g/mol. The van der Waals surface area contributed by atoms with Crippen LogP contribution in [0.5, 0.6) is 0 Å². The lowest BCUT2D eigenvalue weighted by Gasteiger charge is -2.41. The number of carbonyl (C=O) groups excluding carboxylic acids is 1. The number of benzene rings is 1. The standard InChI is InChI=1S/C24H36N6O7S/c1-14-8-10-30(24(34)35,18(12-14)22(32)33)21(31)17(6-4-9-27-23(25)26)29-38(36,37)19-7-3-5-16-11-15(2)13-28-20(16)19/h3,5,7,14-15,17-18,28-29H,4,6,8-13H2,1-2H3,(H5-,25,26,27,32,33,34,35)/p+1/t14-,15?,17+,18-,30?/m1/s1. The second-order valence-electron chi connectivity index (χ2n) is 10.3. The molecule has 1 fully saturated rings. The SMILES string of the molecule is CC1CNc2c(cccc2S(=O)(=O)N[C@@H](CCCN=C(N)N)C(=O)[N+]2(C(=O)O)CC[C@@H](C)C[C@@H]2C(=O)O)C1. The molecule has 14 heteroatoms. The zero-order valence-corrected chi connectivity index (χ0v) is 22.4. The lowest BCUT2D eigenvalue weighted by Crippen LogP contribution is -2.71. The van der Waals surface area contributed by atoms with Crippen LogP contribution in [0.2, 0.25) is 0 Å². The number of piperidine rings is 1. The summed E-state index contributed by atoms with van der Waals surface area (Å²) in [7, 11) is -4.33. The van der Waals surface area contributed by atoms with Gasteiger partial charge in [0, 0.05) is 25.9 Å². The summed E-state index contributed by atoms with van der Waals surface area (Å²) >= 11 is 0. The minimum absolute atomic E-state index is 0.0326. The molecule has 1 saturated heterocycles. The maximum absolute atomic E-state index is 14.0. The summed E-state index contributed by atoms with van der Waals surface area (Å²) in [6.45, 7) is 4.20. The van der Waals surface area contributed by atoms with Crippen LogP contribution in [0.15, 0.2) is 28.1 Å². The molecule has 13 nitrogen and oxygen atoms in total. The molecule has 2 amide bonds. The number of nitrogens with zero attached hydrogens (tertiary/aromatic N) is 2. The molecular formula is C24H37N6O7S+. The van der Waals surface area contributed by atoms with Gasteiger partial charge in [-0.1, -0.05) is 26.0 Å². The smallest absolute Gasteiger partial charge is 0.477 e. The van der Waals surface area contributed by atoms with Crippen LogP contribution in [0.3, 0.4) is 0 Å². The fourth-order valence-corrected chi connectivity index (χ4v) is 6.75. The molecule has 0 aromatic heterocycles. The Morgan fingerprint density at radius 2 is 1.92 bits per heavy atom. The normalized spacial score (nSPS) is 25.9. The van der Waals surface area contributed by atoms with Gasteiger partial charge in [-0.05, 0) is 42.7 Å². The van der Waals surface area contributed by atoms with Crippen molar-refractivity contribution in [3.63, 3.8) is 0 Å². The van der Waals surface area contributed by atoms with Crippen molar-refractivity contribution >= 4 is 39.6 Å². The molecule has 2 heterocycles. The van der Waals surface area contributed by atoms with E-state index in [4.69, 9.17) is 11.5 Å². The van der Waals surface area contributed by atoms with Gasteiger partial charge in [-0.25, -0.2) is 18.0 Å². The predicted octanol–water partition coefficient (Wildman–Crippen LogP) is 0.896. The van der Waals surface area contributed by atoms with E-state index in [1.165, 1.54) is 6.07 Å². The summed E-state index contributed by atoms with van der Waals surface area (Å²) in [6.07, 6.45) is -0.685. The van der Waals surface area contributed by atoms with Crippen LogP contribution >= 0.6 is 0 Å². The number of carboxylic acid groups (broad SMARTS) is 2. The number of hydrogen-bond acceptors (Lipinski definition) is 7. The first kappa shape index (κ1) is 29.3. The summed E-state index contributed by atoms with van der Waals surface area (Å²) in [5, 5.41) is 23.2. The first-order valence-electron chi connectivity index (χ1n) is 12.6. The van der Waals surface area contributed by atoms with Crippen molar-refractivity contribution in [1.29, 1.82) is 0 Å². The van der Waals surface area contributed by atoms with E-state index in [2.05, 4.69) is 15.0 Å². The monoisotopic (exact) mass is 553 g/mol. The molecule has 1 aromatic rings. The zero-order valence-electron chi connectivity index (χ0n) is 21.6. The Morgan fingerprint density at radius 1 is 1.21 bits per heavy atom. The number of anilines is 1. The van der Waals surface area contributed by atoms with Crippen molar-refractivity contribution in [3.8, 4) is 0 Å². The number of aliphatic imine (C=N–C) groups is 1. The number of guanidine groups is 1. The third-order valence-electron chi connectivity index (χ3n) is 7.29. The van der Waals surface area contributed by atoms with Crippen molar-refractivity contribution < 1.29 is 37.5 Å². The first-order chi connectivity index (χ1) is 17.8. The Kier molecular flexibility index (Phi) is 9.00. The average Bonchev–Trinajstić information content (AvgIpc) is 2.84. The van der Waals surface area contributed by atoms with Crippen LogP contribution in [0.25, 0.3) is 0 Å². The topological polar surface area (TPSA) is 214 Å². The summed E-state index contributed by atoms with van der Waals surface area (Å²) in [6, 6.07) is 1.77. The highest BCUT2D eigenvalue weighted by Crippen LogP contribution is 2.34. The van der Waals surface area contributed by atoms with Crippen LogP contribution in [-0.4, -0.2) is 78.8 Å². The van der Waals surface area contributed by atoms with Crippen LogP contribution in [0.1, 0.15) is 45.1 Å². The van der Waals surface area contributed by atoms with E-state index in [1.54, 1.807) is 13.0 Å². The zero-order chi connectivity index (χ0) is 28.3. The van der Waals surface area contributed by atoms with Crippen molar-refractivity contribution in [2.45, 2.75) is 62.9 Å². The Balaban J connectivity index is 2.02. The Hall–Kier alpha value is -3.23. The van der Waals surface area contributed by atoms with E-state index in [1.807, 2.05) is 13.0 Å². The molecule has 1 aromatic carbocycles. The number of carboxylic acids is 1. The van der Waals surface area contributed by atoms with E-state index < -0.39 is 44.6 Å². The molecule has 0 radical (unpaired) electrons. The van der Waals surface area contributed by atoms with Gasteiger partial charge in [-0.3, -0.25) is 4.99 Å². The fourth-order valence-electron chi connectivity index (χ4n) is 5.30. The minimum atomic E-state index is -4.33. The number of aliphatic carboxylic acids is 1. The number of carbonyl (C=O) groups is 3. The van der Waals surface area contributed by atoms with Crippen LogP contribution < -0.4 is 21.5 Å². The van der Waals surface area contributed by atoms with Crippen molar-refractivity contribution in [2.24, 2.45) is 28.3 Å². The van der Waals surface area contributed by atoms with Crippen molar-refractivity contribution in [3.05, 3.63) is 23.8 Å². The molecule has 2 unspecified atom stereocenters. The lowest BCUT2D eigenvalue weighted by molar-refractivity contribution is -0.808. The van der Waals surface area contributed by atoms with E-state index in [0.29, 0.717) is 31.0 Å². The van der Waals surface area contributed by atoms with Gasteiger partial charge in [0.15, 0.2) is 5.96 Å². The molecule has 0 spiro atoms. The number of rotatable bonds is 9. The van der Waals surface area contributed by atoms with Gasteiger partial charge < -0.3 is 27.0 Å². The quantitative estimate of drug-likeness (QED) is 0.110. The Morgan fingerprint density at radius 3 is 2.55 bits per heavy atom. The number of quaternary nitrogens is 1. The van der Waals surface area contributed by atoms with Gasteiger partial charge in [0.05, 0.1) is 12.2 Å². The van der Waals surface area contributed by atoms with E-state index >= 15 is 0 Å². The number of sulfonamides is 1. The molecule has 8 N–H and O–H groups in total. The second kappa shape index (κ2) is 11.7. The largest absolute Gasteiger partial charge is 0.521 e. The van der Waals surface area contributed by atoms with E-state index in [-0.39, 0.29) is 49.1 Å². The van der Waals surface area contributed by atoms with Crippen LogP contribution in [-0.2, 0) is 26.0 Å². The summed E-state index contributed by atoms with van der Waals surface area (Å²) < 4.78 is 28.3. The van der Waals surface area contributed by atoms with Gasteiger partial charge in [-0.2, -0.15) is 9.52 Å². The molecule has 2 aliphatic heterocycles. The number of nitrogens with two attached hydrogens (primary N) is 2. The Labute approximate surface area is 221 Å². The third-order valence-corrected chi connectivity index (χ3v) is 8.80. The number of imide groups is 1. The predicted molar refractivity (Wildman–Crippen MR) is 140 cm³/mol. The van der Waals surface area contributed by atoms with Crippen molar-refractivity contribution in [1.82, 2.24) is 4.72 Å².